The highest BCUT2D eigenvalue weighted by atomic mass is 16.5. The lowest BCUT2D eigenvalue weighted by atomic mass is 9.79. The molecule has 1 atom stereocenters. The molecule has 17 heavy (non-hydrogen) atoms. The molecule has 2 heterocycles. The Bertz CT molecular complexity index is 241. The lowest BCUT2D eigenvalue weighted by molar-refractivity contribution is -0.0181. The van der Waals surface area contributed by atoms with Gasteiger partial charge in [0.05, 0.1) is 0 Å². The molecule has 1 unspecified atom stereocenters. The lowest BCUT2D eigenvalue weighted by Crippen LogP contribution is -2.55. The topological polar surface area (TPSA) is 41.7 Å². The Hall–Kier alpha value is -0.160. The predicted molar refractivity (Wildman–Crippen MR) is 70.1 cm³/mol. The lowest BCUT2D eigenvalue weighted by Gasteiger charge is -2.45. The van der Waals surface area contributed by atoms with Gasteiger partial charge < -0.3 is 15.4 Å². The number of piperazine rings is 1. The second-order valence-electron chi connectivity index (χ2n) is 5.90. The van der Waals surface area contributed by atoms with Crippen LogP contribution in [-0.4, -0.2) is 68.8 Å². The molecule has 2 N–H and O–H groups in total. The number of rotatable bonds is 3. The summed E-state index contributed by atoms with van der Waals surface area (Å²) in [6.45, 7) is 9.61. The van der Waals surface area contributed by atoms with E-state index in [1.807, 2.05) is 0 Å². The van der Waals surface area contributed by atoms with Crippen molar-refractivity contribution in [2.45, 2.75) is 25.8 Å². The molecule has 2 rings (SSSR count). The summed E-state index contributed by atoms with van der Waals surface area (Å²) in [5, 5.41) is 0. The van der Waals surface area contributed by atoms with Crippen LogP contribution >= 0.6 is 0 Å². The third-order valence-electron chi connectivity index (χ3n) is 4.49. The van der Waals surface area contributed by atoms with Gasteiger partial charge in [-0.05, 0) is 38.8 Å². The molecular formula is C13H27N3O. The zero-order valence-corrected chi connectivity index (χ0v) is 11.3. The van der Waals surface area contributed by atoms with Gasteiger partial charge in [0.25, 0.3) is 0 Å². The van der Waals surface area contributed by atoms with Crippen LogP contribution in [0.15, 0.2) is 0 Å². The molecule has 0 amide bonds. The fourth-order valence-corrected chi connectivity index (χ4v) is 3.07. The Kier molecular flexibility index (Phi) is 4.42. The van der Waals surface area contributed by atoms with E-state index in [2.05, 4.69) is 23.8 Å². The van der Waals surface area contributed by atoms with E-state index in [0.29, 0.717) is 11.5 Å². The summed E-state index contributed by atoms with van der Waals surface area (Å²) in [7, 11) is 2.21. The van der Waals surface area contributed by atoms with E-state index in [1.165, 1.54) is 19.6 Å². The molecule has 2 saturated heterocycles. The zero-order chi connectivity index (χ0) is 12.3. The number of ether oxygens (including phenoxy) is 1. The van der Waals surface area contributed by atoms with Gasteiger partial charge in [0, 0.05) is 45.4 Å². The van der Waals surface area contributed by atoms with Crippen molar-refractivity contribution in [1.82, 2.24) is 9.80 Å². The molecule has 2 aliphatic heterocycles. The van der Waals surface area contributed by atoms with Gasteiger partial charge in [0.15, 0.2) is 0 Å². The fraction of sp³-hybridized carbons (Fsp3) is 1.00. The summed E-state index contributed by atoms with van der Waals surface area (Å²) >= 11 is 0. The Morgan fingerprint density at radius 2 is 2.00 bits per heavy atom. The van der Waals surface area contributed by atoms with Crippen LogP contribution in [-0.2, 0) is 4.74 Å². The average molecular weight is 241 g/mol. The van der Waals surface area contributed by atoms with Crippen molar-refractivity contribution in [2.75, 3.05) is 53.0 Å². The van der Waals surface area contributed by atoms with Crippen LogP contribution < -0.4 is 5.73 Å². The summed E-state index contributed by atoms with van der Waals surface area (Å²) in [5.41, 5.74) is 6.34. The Labute approximate surface area is 105 Å². The van der Waals surface area contributed by atoms with E-state index < -0.39 is 0 Å². The van der Waals surface area contributed by atoms with Crippen molar-refractivity contribution in [3.63, 3.8) is 0 Å². The molecule has 0 spiro atoms. The number of likely N-dealkylation sites (N-methyl/N-ethyl adjacent to an activating group) is 1. The second kappa shape index (κ2) is 5.65. The summed E-state index contributed by atoms with van der Waals surface area (Å²) < 4.78 is 5.48. The molecule has 0 saturated carbocycles. The molecule has 2 aliphatic rings. The number of hydrogen-bond donors (Lipinski definition) is 1. The maximum absolute atomic E-state index is 6.04. The predicted octanol–water partition coefficient (Wildman–Crippen LogP) is 0.378. The van der Waals surface area contributed by atoms with Crippen LogP contribution in [0.4, 0.5) is 0 Å². The molecule has 0 radical (unpaired) electrons. The highest BCUT2D eigenvalue weighted by Gasteiger charge is 2.35. The van der Waals surface area contributed by atoms with Crippen molar-refractivity contribution in [2.24, 2.45) is 11.1 Å². The van der Waals surface area contributed by atoms with Crippen molar-refractivity contribution < 1.29 is 4.74 Å². The standard InChI is InChI=1S/C13H27N3O/c1-12-9-15(2)5-6-16(12)11-13(10-14)3-7-17-8-4-13/h12H,3-11,14H2,1-2H3. The highest BCUT2D eigenvalue weighted by Crippen LogP contribution is 2.31. The van der Waals surface area contributed by atoms with E-state index in [-0.39, 0.29) is 0 Å². The van der Waals surface area contributed by atoms with Gasteiger partial charge in [-0.1, -0.05) is 0 Å². The first-order chi connectivity index (χ1) is 8.15. The van der Waals surface area contributed by atoms with Crippen LogP contribution in [0.25, 0.3) is 0 Å². The monoisotopic (exact) mass is 241 g/mol. The number of nitrogens with two attached hydrogens (primary N) is 1. The van der Waals surface area contributed by atoms with Crippen LogP contribution in [0.5, 0.6) is 0 Å². The van der Waals surface area contributed by atoms with E-state index in [1.54, 1.807) is 0 Å². The minimum Gasteiger partial charge on any atom is -0.381 e. The van der Waals surface area contributed by atoms with E-state index >= 15 is 0 Å². The highest BCUT2D eigenvalue weighted by molar-refractivity contribution is 4.89. The Morgan fingerprint density at radius 3 is 2.59 bits per heavy atom. The summed E-state index contributed by atoms with van der Waals surface area (Å²) in [6, 6.07) is 0.653. The Balaban J connectivity index is 1.93. The van der Waals surface area contributed by atoms with Crippen molar-refractivity contribution in [3.05, 3.63) is 0 Å². The molecular weight excluding hydrogens is 214 g/mol. The zero-order valence-electron chi connectivity index (χ0n) is 11.3. The third-order valence-corrected chi connectivity index (χ3v) is 4.49. The first-order valence-electron chi connectivity index (χ1n) is 6.86. The Morgan fingerprint density at radius 1 is 1.29 bits per heavy atom. The third kappa shape index (κ3) is 3.19. The maximum Gasteiger partial charge on any atom is 0.0472 e. The van der Waals surface area contributed by atoms with Crippen LogP contribution in [0.1, 0.15) is 19.8 Å². The quantitative estimate of drug-likeness (QED) is 0.775. The molecule has 100 valence electrons. The van der Waals surface area contributed by atoms with Crippen molar-refractivity contribution in [1.29, 1.82) is 0 Å². The molecule has 0 aromatic carbocycles. The van der Waals surface area contributed by atoms with E-state index in [4.69, 9.17) is 10.5 Å². The molecule has 0 aliphatic carbocycles. The molecule has 4 nitrogen and oxygen atoms in total. The SMILES string of the molecule is CC1CN(C)CCN1CC1(CN)CCOCC1. The summed E-state index contributed by atoms with van der Waals surface area (Å²) in [5.74, 6) is 0. The number of hydrogen-bond acceptors (Lipinski definition) is 4. The van der Waals surface area contributed by atoms with Gasteiger partial charge in [0.1, 0.15) is 0 Å². The minimum atomic E-state index is 0.308. The van der Waals surface area contributed by atoms with Gasteiger partial charge in [0.2, 0.25) is 0 Å². The van der Waals surface area contributed by atoms with Crippen LogP contribution in [0.3, 0.4) is 0 Å². The second-order valence-corrected chi connectivity index (χ2v) is 5.90. The van der Waals surface area contributed by atoms with Gasteiger partial charge >= 0.3 is 0 Å². The molecule has 0 bridgehead atoms. The molecule has 2 fully saturated rings. The smallest absolute Gasteiger partial charge is 0.0472 e. The van der Waals surface area contributed by atoms with E-state index in [9.17, 15) is 0 Å². The largest absolute Gasteiger partial charge is 0.381 e. The van der Waals surface area contributed by atoms with Gasteiger partial charge in [-0.15, -0.1) is 0 Å². The van der Waals surface area contributed by atoms with Gasteiger partial charge in [-0.3, -0.25) is 4.90 Å². The molecule has 0 aromatic heterocycles. The molecule has 4 heteroatoms. The van der Waals surface area contributed by atoms with Crippen molar-refractivity contribution >= 4 is 0 Å². The van der Waals surface area contributed by atoms with Gasteiger partial charge in [-0.25, -0.2) is 0 Å². The summed E-state index contributed by atoms with van der Waals surface area (Å²) in [4.78, 5) is 5.04. The fourth-order valence-electron chi connectivity index (χ4n) is 3.07. The average Bonchev–Trinajstić information content (AvgIpc) is 2.34. The first-order valence-corrected chi connectivity index (χ1v) is 6.86. The summed E-state index contributed by atoms with van der Waals surface area (Å²) in [6.07, 6.45) is 2.26. The van der Waals surface area contributed by atoms with Crippen LogP contribution in [0, 0.1) is 5.41 Å². The maximum atomic E-state index is 6.04. The van der Waals surface area contributed by atoms with E-state index in [0.717, 1.165) is 39.1 Å². The van der Waals surface area contributed by atoms with Gasteiger partial charge in [-0.2, -0.15) is 0 Å². The number of nitrogens with zero attached hydrogens (tertiary/aromatic N) is 2. The minimum absolute atomic E-state index is 0.308. The normalized spacial score (nSPS) is 31.6. The molecule has 0 aromatic rings. The van der Waals surface area contributed by atoms with Crippen molar-refractivity contribution in [3.8, 4) is 0 Å². The first kappa shape index (κ1) is 13.3. The van der Waals surface area contributed by atoms with Crippen LogP contribution in [0.2, 0.25) is 0 Å².